The number of allylic oxidation sites excluding steroid dienone is 1. The maximum Gasteiger partial charge on any atom is 0.341 e. The number of methoxy groups -OCH3 is 1. The Labute approximate surface area is 233 Å². The van der Waals surface area contributed by atoms with E-state index in [-0.39, 0.29) is 17.8 Å². The molecule has 4 rings (SSSR count). The quantitative estimate of drug-likeness (QED) is 0.127. The third-order valence-corrected chi connectivity index (χ3v) is 8.65. The molecule has 1 aliphatic rings. The Morgan fingerprint density at radius 2 is 2.00 bits per heavy atom. The van der Waals surface area contributed by atoms with Gasteiger partial charge in [0.1, 0.15) is 10.8 Å². The van der Waals surface area contributed by atoms with Gasteiger partial charge in [0, 0.05) is 15.9 Å². The summed E-state index contributed by atoms with van der Waals surface area (Å²) in [5, 5.41) is 12.7. The van der Waals surface area contributed by atoms with Crippen LogP contribution in [0.5, 0.6) is 5.75 Å². The highest BCUT2D eigenvalue weighted by Gasteiger charge is 2.26. The first-order valence-corrected chi connectivity index (χ1v) is 14.6. The molecule has 0 saturated heterocycles. The number of nitrogens with zero attached hydrogens (tertiary/aromatic N) is 3. The molecule has 0 saturated carbocycles. The van der Waals surface area contributed by atoms with E-state index in [2.05, 4.69) is 38.0 Å². The lowest BCUT2D eigenvalue weighted by molar-refractivity contribution is -0.113. The Bertz CT molecular complexity index is 1270. The third kappa shape index (κ3) is 6.63. The lowest BCUT2D eigenvalue weighted by Crippen LogP contribution is -2.17. The number of amides is 1. The maximum atomic E-state index is 12.9. The predicted octanol–water partition coefficient (Wildman–Crippen LogP) is 6.21. The van der Waals surface area contributed by atoms with Crippen molar-refractivity contribution >= 4 is 55.9 Å². The molecule has 0 radical (unpaired) electrons. The predicted molar refractivity (Wildman–Crippen MR) is 150 cm³/mol. The fraction of sp³-hybridized carbons (Fsp3) is 0.385. The topological polar surface area (TPSA) is 95.3 Å². The van der Waals surface area contributed by atoms with Crippen LogP contribution in [-0.2, 0) is 28.9 Å². The van der Waals surface area contributed by atoms with E-state index in [0.29, 0.717) is 33.8 Å². The van der Waals surface area contributed by atoms with Crippen molar-refractivity contribution in [2.45, 2.75) is 56.8 Å². The molecule has 1 N–H and O–H groups in total. The SMILES string of the molecule is C=CCn1c(SCC(=O)Nc2sc3c(c2C(=O)OC)CCCCC3)nnc1C(C)Oc1ccc(Br)cc1. The number of halogens is 1. The van der Waals surface area contributed by atoms with E-state index in [9.17, 15) is 9.59 Å². The highest BCUT2D eigenvalue weighted by atomic mass is 79.9. The van der Waals surface area contributed by atoms with E-state index in [1.54, 1.807) is 6.08 Å². The van der Waals surface area contributed by atoms with Crippen molar-refractivity contribution in [1.82, 2.24) is 14.8 Å². The van der Waals surface area contributed by atoms with Crippen LogP contribution in [0.3, 0.4) is 0 Å². The molecule has 0 spiro atoms. The van der Waals surface area contributed by atoms with E-state index in [0.717, 1.165) is 47.0 Å². The number of hydrogen-bond acceptors (Lipinski definition) is 8. The van der Waals surface area contributed by atoms with Gasteiger partial charge in [-0.2, -0.15) is 0 Å². The van der Waals surface area contributed by atoms with E-state index < -0.39 is 5.97 Å². The summed E-state index contributed by atoms with van der Waals surface area (Å²) in [6, 6.07) is 7.57. The molecule has 11 heteroatoms. The minimum Gasteiger partial charge on any atom is -0.483 e. The minimum atomic E-state index is -0.405. The van der Waals surface area contributed by atoms with Crippen LogP contribution in [0.4, 0.5) is 5.00 Å². The summed E-state index contributed by atoms with van der Waals surface area (Å²) >= 11 is 6.18. The van der Waals surface area contributed by atoms with Crippen LogP contribution in [0.25, 0.3) is 0 Å². The van der Waals surface area contributed by atoms with Gasteiger partial charge in [0.2, 0.25) is 5.91 Å². The highest BCUT2D eigenvalue weighted by molar-refractivity contribution is 9.10. The number of fused-ring (bicyclic) bond motifs is 1. The van der Waals surface area contributed by atoms with E-state index in [1.165, 1.54) is 30.2 Å². The zero-order valence-electron chi connectivity index (χ0n) is 20.8. The van der Waals surface area contributed by atoms with Crippen molar-refractivity contribution in [3.8, 4) is 5.75 Å². The van der Waals surface area contributed by atoms with Gasteiger partial charge in [0.15, 0.2) is 17.1 Å². The molecule has 2 heterocycles. The smallest absolute Gasteiger partial charge is 0.341 e. The molecule has 1 unspecified atom stereocenters. The average molecular weight is 606 g/mol. The molecule has 0 bridgehead atoms. The number of ether oxygens (including phenoxy) is 2. The summed E-state index contributed by atoms with van der Waals surface area (Å²) in [6.45, 7) is 6.22. The van der Waals surface area contributed by atoms with E-state index >= 15 is 0 Å². The molecule has 0 aliphatic heterocycles. The average Bonchev–Trinajstić information content (AvgIpc) is 3.36. The van der Waals surface area contributed by atoms with Crippen LogP contribution < -0.4 is 10.1 Å². The second-order valence-electron chi connectivity index (χ2n) is 8.55. The monoisotopic (exact) mass is 604 g/mol. The number of esters is 1. The number of carbonyl (C=O) groups excluding carboxylic acids is 2. The normalized spacial score (nSPS) is 13.8. The summed E-state index contributed by atoms with van der Waals surface area (Å²) in [6.07, 6.45) is 6.40. The van der Waals surface area contributed by atoms with Crippen LogP contribution in [0.15, 0.2) is 46.5 Å². The van der Waals surface area contributed by atoms with Crippen LogP contribution in [0.1, 0.15) is 58.9 Å². The first-order valence-electron chi connectivity index (χ1n) is 12.0. The molecule has 2 aromatic heterocycles. The molecule has 3 aromatic rings. The number of rotatable bonds is 10. The van der Waals surface area contributed by atoms with Crippen molar-refractivity contribution in [3.63, 3.8) is 0 Å². The zero-order chi connectivity index (χ0) is 26.4. The fourth-order valence-corrected chi connectivity index (χ4v) is 6.53. The van der Waals surface area contributed by atoms with Gasteiger partial charge < -0.3 is 14.8 Å². The Morgan fingerprint density at radius 3 is 2.73 bits per heavy atom. The van der Waals surface area contributed by atoms with Crippen LogP contribution in [0, 0.1) is 0 Å². The molecule has 1 atom stereocenters. The van der Waals surface area contributed by atoms with Gasteiger partial charge in [0.25, 0.3) is 0 Å². The summed E-state index contributed by atoms with van der Waals surface area (Å²) in [7, 11) is 1.37. The van der Waals surface area contributed by atoms with E-state index in [1.807, 2.05) is 35.8 Å². The van der Waals surface area contributed by atoms with Gasteiger partial charge in [-0.1, -0.05) is 40.2 Å². The number of anilines is 1. The lowest BCUT2D eigenvalue weighted by atomic mass is 10.1. The van der Waals surface area contributed by atoms with Crippen molar-refractivity contribution in [2.24, 2.45) is 0 Å². The number of thioether (sulfide) groups is 1. The molecular formula is C26H29BrN4O4S2. The van der Waals surface area contributed by atoms with Crippen molar-refractivity contribution in [1.29, 1.82) is 0 Å². The van der Waals surface area contributed by atoms with Gasteiger partial charge in [-0.25, -0.2) is 4.79 Å². The number of benzene rings is 1. The van der Waals surface area contributed by atoms with Crippen LogP contribution in [0.2, 0.25) is 0 Å². The second-order valence-corrected chi connectivity index (χ2v) is 11.5. The van der Waals surface area contributed by atoms with Crippen LogP contribution in [-0.4, -0.2) is 39.5 Å². The number of aromatic nitrogens is 3. The van der Waals surface area contributed by atoms with Crippen molar-refractivity contribution in [3.05, 3.63) is 63.2 Å². The van der Waals surface area contributed by atoms with E-state index in [4.69, 9.17) is 9.47 Å². The summed E-state index contributed by atoms with van der Waals surface area (Å²) in [5.41, 5.74) is 1.52. The lowest BCUT2D eigenvalue weighted by Gasteiger charge is -2.15. The standard InChI is InChI=1S/C26H29BrN4O4S2/c1-4-14-31-23(16(2)35-18-12-10-17(27)11-13-18)29-30-26(31)36-15-21(32)28-24-22(25(33)34-3)19-8-6-5-7-9-20(19)37-24/h4,10-13,16H,1,5-9,14-15H2,2-3H3,(H,28,32). The molecule has 1 amide bonds. The molecule has 1 aromatic carbocycles. The van der Waals surface area contributed by atoms with Crippen molar-refractivity contribution in [2.75, 3.05) is 18.2 Å². The minimum absolute atomic E-state index is 0.112. The highest BCUT2D eigenvalue weighted by Crippen LogP contribution is 2.38. The Morgan fingerprint density at radius 1 is 1.24 bits per heavy atom. The molecule has 0 fully saturated rings. The van der Waals surface area contributed by atoms with Gasteiger partial charge >= 0.3 is 5.97 Å². The third-order valence-electron chi connectivity index (χ3n) is 5.94. The van der Waals surface area contributed by atoms with Gasteiger partial charge in [0.05, 0.1) is 18.4 Å². The summed E-state index contributed by atoms with van der Waals surface area (Å²) < 4.78 is 13.9. The fourth-order valence-electron chi connectivity index (χ4n) is 4.22. The maximum absolute atomic E-state index is 12.9. The zero-order valence-corrected chi connectivity index (χ0v) is 24.0. The number of carbonyl (C=O) groups is 2. The number of hydrogen-bond donors (Lipinski definition) is 1. The Balaban J connectivity index is 1.45. The second kappa shape index (κ2) is 12.7. The molecule has 37 heavy (non-hydrogen) atoms. The largest absolute Gasteiger partial charge is 0.483 e. The van der Waals surface area contributed by atoms with Crippen LogP contribution >= 0.6 is 39.0 Å². The molecular weight excluding hydrogens is 576 g/mol. The van der Waals surface area contributed by atoms with Gasteiger partial charge in [-0.05, 0) is 62.4 Å². The number of aryl methyl sites for hydroxylation is 1. The molecule has 196 valence electrons. The summed E-state index contributed by atoms with van der Waals surface area (Å²) in [4.78, 5) is 26.6. The first kappa shape index (κ1) is 27.4. The Kier molecular flexibility index (Phi) is 9.44. The molecule has 1 aliphatic carbocycles. The van der Waals surface area contributed by atoms with Crippen molar-refractivity contribution < 1.29 is 19.1 Å². The molecule has 8 nitrogen and oxygen atoms in total. The van der Waals surface area contributed by atoms with Gasteiger partial charge in [-0.3, -0.25) is 9.36 Å². The number of nitrogens with one attached hydrogen (secondary N) is 1. The van der Waals surface area contributed by atoms with Gasteiger partial charge in [-0.15, -0.1) is 28.1 Å². The summed E-state index contributed by atoms with van der Waals surface area (Å²) in [5.74, 6) is 0.840. The first-order chi connectivity index (χ1) is 17.9. The Hall–Kier alpha value is -2.63. The number of thiophene rings is 1.